The number of nitrogens with zero attached hydrogens (tertiary/aromatic N) is 1. The van der Waals surface area contributed by atoms with Gasteiger partial charge in [-0.15, -0.1) is 0 Å². The molecule has 1 atom stereocenters. The summed E-state index contributed by atoms with van der Waals surface area (Å²) in [4.78, 5) is 24.7. The molecular weight excluding hydrogens is 395 g/mol. The summed E-state index contributed by atoms with van der Waals surface area (Å²) in [5.74, 6) is -2.45. The fourth-order valence-electron chi connectivity index (χ4n) is 2.79. The maximum absolute atomic E-state index is 13.1. The van der Waals surface area contributed by atoms with Gasteiger partial charge in [-0.05, 0) is 48.4 Å². The van der Waals surface area contributed by atoms with Crippen LogP contribution < -0.4 is 5.32 Å². The highest BCUT2D eigenvalue weighted by Crippen LogP contribution is 2.23. The number of carbonyl (C=O) groups excluding carboxylic acids is 2. The average Bonchev–Trinajstić information content (AvgIpc) is 2.77. The highest BCUT2D eigenvalue weighted by Gasteiger charge is 2.38. The van der Waals surface area contributed by atoms with Crippen molar-refractivity contribution in [3.63, 3.8) is 0 Å². The number of benzene rings is 2. The number of halogens is 2. The first-order valence-corrected chi connectivity index (χ1v) is 9.92. The van der Waals surface area contributed by atoms with E-state index in [1.165, 1.54) is 48.5 Å². The lowest BCUT2D eigenvalue weighted by molar-refractivity contribution is -0.131. The number of carbonyl (C=O) groups is 2. The number of rotatable bonds is 4. The zero-order valence-electron chi connectivity index (χ0n) is 14.1. The van der Waals surface area contributed by atoms with E-state index in [0.717, 1.165) is 0 Å². The van der Waals surface area contributed by atoms with Crippen LogP contribution in [0.2, 0.25) is 5.02 Å². The van der Waals surface area contributed by atoms with Crippen LogP contribution in [0.1, 0.15) is 5.56 Å². The van der Waals surface area contributed by atoms with E-state index in [1.54, 1.807) is 0 Å². The van der Waals surface area contributed by atoms with Crippen LogP contribution in [0, 0.1) is 11.7 Å². The molecule has 2 aromatic carbocycles. The Morgan fingerprint density at radius 3 is 2.33 bits per heavy atom. The van der Waals surface area contributed by atoms with Crippen molar-refractivity contribution in [2.24, 2.45) is 5.92 Å². The molecule has 0 aliphatic carbocycles. The van der Waals surface area contributed by atoms with Crippen molar-refractivity contribution in [3.8, 4) is 0 Å². The zero-order valence-corrected chi connectivity index (χ0v) is 15.6. The summed E-state index contributed by atoms with van der Waals surface area (Å²) in [5.41, 5.74) is 0.662. The summed E-state index contributed by atoms with van der Waals surface area (Å²) in [5, 5.41) is 2.91. The molecule has 27 heavy (non-hydrogen) atoms. The van der Waals surface area contributed by atoms with Gasteiger partial charge in [-0.2, -0.15) is 0 Å². The third kappa shape index (κ3) is 4.28. The quantitative estimate of drug-likeness (QED) is 0.835. The number of nitrogens with one attached hydrogen (secondary N) is 1. The van der Waals surface area contributed by atoms with Crippen LogP contribution in [-0.2, 0) is 26.0 Å². The van der Waals surface area contributed by atoms with Crippen molar-refractivity contribution in [1.82, 2.24) is 9.62 Å². The van der Waals surface area contributed by atoms with E-state index in [0.29, 0.717) is 14.9 Å². The Labute approximate surface area is 161 Å². The van der Waals surface area contributed by atoms with Crippen molar-refractivity contribution in [2.45, 2.75) is 11.3 Å². The molecule has 1 fully saturated rings. The molecule has 1 unspecified atom stereocenters. The van der Waals surface area contributed by atoms with Crippen molar-refractivity contribution >= 4 is 33.4 Å². The molecule has 0 bridgehead atoms. The van der Waals surface area contributed by atoms with Gasteiger partial charge in [-0.1, -0.05) is 23.7 Å². The lowest BCUT2D eigenvalue weighted by atomic mass is 9.98. The molecule has 1 heterocycles. The summed E-state index contributed by atoms with van der Waals surface area (Å²) in [6, 6.07) is 10.9. The van der Waals surface area contributed by atoms with Crippen LogP contribution in [-0.4, -0.2) is 37.6 Å². The number of sulfonamides is 1. The van der Waals surface area contributed by atoms with Crippen LogP contribution in [0.3, 0.4) is 0 Å². The SMILES string of the molecule is O=C1CN(S(=O)(=O)c2ccc(Cl)cc2)C(=O)C(Cc2ccc(F)cc2)CN1. The summed E-state index contributed by atoms with van der Waals surface area (Å²) >= 11 is 5.78. The smallest absolute Gasteiger partial charge is 0.266 e. The molecule has 0 aromatic heterocycles. The first-order chi connectivity index (χ1) is 12.8. The largest absolute Gasteiger partial charge is 0.354 e. The predicted molar refractivity (Wildman–Crippen MR) is 97.0 cm³/mol. The monoisotopic (exact) mass is 410 g/mol. The summed E-state index contributed by atoms with van der Waals surface area (Å²) < 4.78 is 39.4. The third-order valence-corrected chi connectivity index (χ3v) is 6.23. The highest BCUT2D eigenvalue weighted by molar-refractivity contribution is 7.89. The van der Waals surface area contributed by atoms with E-state index < -0.39 is 40.1 Å². The molecule has 0 spiro atoms. The van der Waals surface area contributed by atoms with E-state index in [4.69, 9.17) is 11.6 Å². The maximum atomic E-state index is 13.1. The molecule has 0 saturated carbocycles. The standard InChI is InChI=1S/C18H16ClFN2O4S/c19-14-3-7-16(8-4-14)27(25,26)22-11-17(23)21-10-13(18(22)24)9-12-1-5-15(20)6-2-12/h1-8,13H,9-11H2,(H,21,23). The van der Waals surface area contributed by atoms with Gasteiger partial charge in [0.2, 0.25) is 11.8 Å². The maximum Gasteiger partial charge on any atom is 0.266 e. The Hall–Kier alpha value is -2.45. The number of hydrogen-bond acceptors (Lipinski definition) is 4. The van der Waals surface area contributed by atoms with Gasteiger partial charge in [-0.25, -0.2) is 17.1 Å². The predicted octanol–water partition coefficient (Wildman–Crippen LogP) is 1.99. The van der Waals surface area contributed by atoms with Gasteiger partial charge >= 0.3 is 0 Å². The minimum absolute atomic E-state index is 0.00167. The summed E-state index contributed by atoms with van der Waals surface area (Å²) in [6.07, 6.45) is 0.173. The normalized spacial score (nSPS) is 18.1. The summed E-state index contributed by atoms with van der Waals surface area (Å²) in [6.45, 7) is -0.592. The summed E-state index contributed by atoms with van der Waals surface area (Å²) in [7, 11) is -4.21. The Morgan fingerprint density at radius 1 is 1.07 bits per heavy atom. The van der Waals surface area contributed by atoms with Gasteiger partial charge in [0.15, 0.2) is 0 Å². The molecule has 2 amide bonds. The van der Waals surface area contributed by atoms with Crippen molar-refractivity contribution in [2.75, 3.05) is 13.1 Å². The molecule has 2 aromatic rings. The van der Waals surface area contributed by atoms with Crippen LogP contribution in [0.5, 0.6) is 0 Å². The Balaban J connectivity index is 1.91. The highest BCUT2D eigenvalue weighted by atomic mass is 35.5. The first-order valence-electron chi connectivity index (χ1n) is 8.10. The van der Waals surface area contributed by atoms with E-state index in [2.05, 4.69) is 5.32 Å². The van der Waals surface area contributed by atoms with Gasteiger partial charge in [0, 0.05) is 11.6 Å². The minimum atomic E-state index is -4.21. The molecule has 0 radical (unpaired) electrons. The molecular formula is C18H16ClFN2O4S. The van der Waals surface area contributed by atoms with Crippen LogP contribution in [0.4, 0.5) is 4.39 Å². The van der Waals surface area contributed by atoms with Gasteiger partial charge in [-0.3, -0.25) is 9.59 Å². The second-order valence-corrected chi connectivity index (χ2v) is 8.43. The lowest BCUT2D eigenvalue weighted by Gasteiger charge is -2.23. The van der Waals surface area contributed by atoms with Crippen LogP contribution in [0.15, 0.2) is 53.4 Å². The Kier molecular flexibility index (Phi) is 5.48. The first kappa shape index (κ1) is 19.3. The second-order valence-electron chi connectivity index (χ2n) is 6.14. The fourth-order valence-corrected chi connectivity index (χ4v) is 4.33. The molecule has 1 aliphatic rings. The molecule has 1 N–H and O–H groups in total. The molecule has 142 valence electrons. The Morgan fingerprint density at radius 2 is 1.70 bits per heavy atom. The topological polar surface area (TPSA) is 83.6 Å². The molecule has 1 aliphatic heterocycles. The van der Waals surface area contributed by atoms with Crippen molar-refractivity contribution < 1.29 is 22.4 Å². The van der Waals surface area contributed by atoms with E-state index in [9.17, 15) is 22.4 Å². The lowest BCUT2D eigenvalue weighted by Crippen LogP contribution is -2.42. The fraction of sp³-hybridized carbons (Fsp3) is 0.222. The molecule has 3 rings (SSSR count). The van der Waals surface area contributed by atoms with E-state index >= 15 is 0 Å². The number of amides is 2. The molecule has 1 saturated heterocycles. The van der Waals surface area contributed by atoms with Crippen molar-refractivity contribution in [1.29, 1.82) is 0 Å². The van der Waals surface area contributed by atoms with Crippen LogP contribution >= 0.6 is 11.6 Å². The Bertz CT molecular complexity index is 962. The number of hydrogen-bond donors (Lipinski definition) is 1. The molecule has 9 heteroatoms. The van der Waals surface area contributed by atoms with Crippen molar-refractivity contribution in [3.05, 3.63) is 64.9 Å². The third-order valence-electron chi connectivity index (χ3n) is 4.22. The van der Waals surface area contributed by atoms with E-state index in [-0.39, 0.29) is 17.9 Å². The minimum Gasteiger partial charge on any atom is -0.354 e. The second kappa shape index (κ2) is 7.66. The van der Waals surface area contributed by atoms with Gasteiger partial charge in [0.05, 0.1) is 10.8 Å². The van der Waals surface area contributed by atoms with E-state index in [1.807, 2.05) is 0 Å². The zero-order chi connectivity index (χ0) is 19.6. The molecule has 6 nitrogen and oxygen atoms in total. The average molecular weight is 411 g/mol. The van der Waals surface area contributed by atoms with Gasteiger partial charge in [0.25, 0.3) is 10.0 Å². The van der Waals surface area contributed by atoms with Gasteiger partial charge in [0.1, 0.15) is 12.4 Å². The van der Waals surface area contributed by atoms with Crippen LogP contribution in [0.25, 0.3) is 0 Å². The van der Waals surface area contributed by atoms with Gasteiger partial charge < -0.3 is 5.32 Å².